The number of carbonyl (C=O) groups excluding carboxylic acids is 1. The van der Waals surface area contributed by atoms with Crippen LogP contribution >= 0.6 is 0 Å². The number of carbonyl (C=O) groups is 1. The van der Waals surface area contributed by atoms with Gasteiger partial charge in [-0.05, 0) is 70.0 Å². The van der Waals surface area contributed by atoms with Crippen molar-refractivity contribution in [3.8, 4) is 11.8 Å². The monoisotopic (exact) mass is 594 g/mol. The predicted molar refractivity (Wildman–Crippen MR) is 175 cm³/mol. The van der Waals surface area contributed by atoms with Crippen molar-refractivity contribution in [3.63, 3.8) is 0 Å². The zero-order chi connectivity index (χ0) is 31.1. The van der Waals surface area contributed by atoms with Crippen LogP contribution in [0.1, 0.15) is 45.7 Å². The average molecular weight is 595 g/mol. The van der Waals surface area contributed by atoms with Gasteiger partial charge in [0, 0.05) is 42.6 Å². The molecule has 0 saturated carbocycles. The smallest absolute Gasteiger partial charge is 0.410 e. The van der Waals surface area contributed by atoms with E-state index in [1.165, 1.54) is 0 Å². The summed E-state index contributed by atoms with van der Waals surface area (Å²) in [4.78, 5) is 21.7. The first-order valence-electron chi connectivity index (χ1n) is 15.1. The minimum absolute atomic E-state index is 0.106. The summed E-state index contributed by atoms with van der Waals surface area (Å²) < 4.78 is 17.9. The lowest BCUT2D eigenvalue weighted by molar-refractivity contribution is 0.0193. The highest BCUT2D eigenvalue weighted by Gasteiger charge is 2.34. The Morgan fingerprint density at radius 3 is 2.05 bits per heavy atom. The van der Waals surface area contributed by atoms with Gasteiger partial charge in [-0.3, -0.25) is 0 Å². The lowest BCUT2D eigenvalue weighted by Crippen LogP contribution is -2.58. The van der Waals surface area contributed by atoms with E-state index in [0.29, 0.717) is 38.1 Å². The Morgan fingerprint density at radius 1 is 0.818 bits per heavy atom. The zero-order valence-corrected chi connectivity index (χ0v) is 26.2. The summed E-state index contributed by atoms with van der Waals surface area (Å²) >= 11 is 0. The van der Waals surface area contributed by atoms with Crippen LogP contribution in [-0.2, 0) is 18.0 Å². The average Bonchev–Trinajstić information content (AvgIpc) is 3.00. The van der Waals surface area contributed by atoms with Crippen LogP contribution in [0.4, 0.5) is 21.9 Å². The van der Waals surface area contributed by atoms with Gasteiger partial charge in [0.15, 0.2) is 0 Å². The molecule has 8 nitrogen and oxygen atoms in total. The predicted octanol–water partition coefficient (Wildman–Crippen LogP) is 7.82. The van der Waals surface area contributed by atoms with Crippen molar-refractivity contribution in [2.75, 3.05) is 23.3 Å². The number of hydrogen-bond acceptors (Lipinski definition) is 7. The molecule has 0 bridgehead atoms. The molecule has 2 atom stereocenters. The number of rotatable bonds is 9. The number of hydrogen-bond donors (Lipinski definition) is 1. The van der Waals surface area contributed by atoms with Gasteiger partial charge in [0.1, 0.15) is 24.5 Å². The Kier molecular flexibility index (Phi) is 9.58. The molecule has 1 aliphatic rings. The molecule has 8 heteroatoms. The first-order valence-corrected chi connectivity index (χ1v) is 15.1. The van der Waals surface area contributed by atoms with Crippen molar-refractivity contribution >= 4 is 23.2 Å². The fraction of sp³-hybridized carbons (Fsp3) is 0.333. The molecule has 1 fully saturated rings. The standard InChI is InChI=1S/C36H42N4O4/c1-26-22-39(35(41)44-36(3,4)5)23-27(2)40(26)31-18-12-17-30(21-31)37-32-19-20-33(42-24-28-13-8-6-9-14-28)38-34(32)43-25-29-15-10-7-11-16-29/h6-21,26-27,37H,22-25H2,1-5H3/t26-,27+. The molecule has 230 valence electrons. The molecular weight excluding hydrogens is 552 g/mol. The Balaban J connectivity index is 1.32. The first kappa shape index (κ1) is 30.7. The fourth-order valence-electron chi connectivity index (χ4n) is 5.37. The SMILES string of the molecule is C[C@@H]1CN(C(=O)OC(C)(C)C)C[C@H](C)N1c1cccc(Nc2ccc(OCc3ccccc3)nc2OCc2ccccc2)c1. The molecule has 5 rings (SSSR count). The summed E-state index contributed by atoms with van der Waals surface area (Å²) in [6, 6.07) is 32.3. The summed E-state index contributed by atoms with van der Waals surface area (Å²) in [7, 11) is 0. The number of anilines is 3. The second-order valence-electron chi connectivity index (χ2n) is 12.2. The Bertz CT molecular complexity index is 1510. The Morgan fingerprint density at radius 2 is 1.43 bits per heavy atom. The molecule has 1 amide bonds. The highest BCUT2D eigenvalue weighted by molar-refractivity contribution is 5.71. The van der Waals surface area contributed by atoms with E-state index in [4.69, 9.17) is 19.2 Å². The first-order chi connectivity index (χ1) is 21.1. The van der Waals surface area contributed by atoms with Crippen molar-refractivity contribution in [3.05, 3.63) is 108 Å². The number of ether oxygens (including phenoxy) is 3. The van der Waals surface area contributed by atoms with E-state index < -0.39 is 5.60 Å². The maximum atomic E-state index is 12.8. The van der Waals surface area contributed by atoms with E-state index in [1.54, 1.807) is 0 Å². The van der Waals surface area contributed by atoms with Crippen LogP contribution in [0, 0.1) is 0 Å². The van der Waals surface area contributed by atoms with E-state index >= 15 is 0 Å². The molecule has 1 aromatic heterocycles. The van der Waals surface area contributed by atoms with Crippen LogP contribution in [0.5, 0.6) is 11.8 Å². The van der Waals surface area contributed by atoms with Gasteiger partial charge in [0.05, 0.1) is 0 Å². The largest absolute Gasteiger partial charge is 0.473 e. The van der Waals surface area contributed by atoms with Crippen molar-refractivity contribution in [1.82, 2.24) is 9.88 Å². The Labute approximate surface area is 260 Å². The van der Waals surface area contributed by atoms with Crippen molar-refractivity contribution in [2.45, 2.75) is 65.5 Å². The topological polar surface area (TPSA) is 76.2 Å². The number of pyridine rings is 1. The van der Waals surface area contributed by atoms with Gasteiger partial charge in [-0.25, -0.2) is 4.79 Å². The van der Waals surface area contributed by atoms with E-state index in [0.717, 1.165) is 28.2 Å². The fourth-order valence-corrected chi connectivity index (χ4v) is 5.37. The molecule has 0 aliphatic carbocycles. The Hall–Kier alpha value is -4.72. The third kappa shape index (κ3) is 8.22. The summed E-state index contributed by atoms with van der Waals surface area (Å²) in [5.41, 5.74) is 4.30. The van der Waals surface area contributed by atoms with E-state index in [2.05, 4.69) is 36.2 Å². The molecular formula is C36H42N4O4. The van der Waals surface area contributed by atoms with Crippen LogP contribution in [0.3, 0.4) is 0 Å². The van der Waals surface area contributed by atoms with Crippen LogP contribution in [0.2, 0.25) is 0 Å². The summed E-state index contributed by atoms with van der Waals surface area (Å²) in [5, 5.41) is 3.52. The normalized spacial score (nSPS) is 16.8. The highest BCUT2D eigenvalue weighted by Crippen LogP contribution is 2.33. The summed E-state index contributed by atoms with van der Waals surface area (Å²) in [6.07, 6.45) is -0.266. The van der Waals surface area contributed by atoms with E-state index in [9.17, 15) is 4.79 Å². The summed E-state index contributed by atoms with van der Waals surface area (Å²) in [6.45, 7) is 11.9. The lowest BCUT2D eigenvalue weighted by Gasteiger charge is -2.46. The third-order valence-corrected chi connectivity index (χ3v) is 7.28. The van der Waals surface area contributed by atoms with Crippen LogP contribution in [0.25, 0.3) is 0 Å². The van der Waals surface area contributed by atoms with Gasteiger partial charge < -0.3 is 29.3 Å². The van der Waals surface area contributed by atoms with Gasteiger partial charge >= 0.3 is 6.09 Å². The minimum Gasteiger partial charge on any atom is -0.473 e. The lowest BCUT2D eigenvalue weighted by atomic mass is 10.1. The number of nitrogens with zero attached hydrogens (tertiary/aromatic N) is 3. The number of amides is 1. The van der Waals surface area contributed by atoms with Crippen LogP contribution in [-0.4, -0.2) is 46.8 Å². The number of benzene rings is 3. The molecule has 2 heterocycles. The van der Waals surface area contributed by atoms with E-state index in [-0.39, 0.29) is 18.2 Å². The van der Waals surface area contributed by atoms with Gasteiger partial charge in [-0.1, -0.05) is 66.7 Å². The van der Waals surface area contributed by atoms with Gasteiger partial charge in [-0.2, -0.15) is 4.98 Å². The van der Waals surface area contributed by atoms with Gasteiger partial charge in [0.25, 0.3) is 0 Å². The molecule has 3 aromatic carbocycles. The molecule has 4 aromatic rings. The molecule has 44 heavy (non-hydrogen) atoms. The molecule has 0 radical (unpaired) electrons. The van der Waals surface area contributed by atoms with Crippen molar-refractivity contribution in [2.24, 2.45) is 0 Å². The van der Waals surface area contributed by atoms with Crippen molar-refractivity contribution < 1.29 is 19.0 Å². The number of nitrogens with one attached hydrogen (secondary N) is 1. The molecule has 1 N–H and O–H groups in total. The van der Waals surface area contributed by atoms with E-state index in [1.807, 2.05) is 111 Å². The maximum absolute atomic E-state index is 12.8. The minimum atomic E-state index is -0.522. The number of aromatic nitrogens is 1. The maximum Gasteiger partial charge on any atom is 0.410 e. The van der Waals surface area contributed by atoms with Gasteiger partial charge in [-0.15, -0.1) is 0 Å². The van der Waals surface area contributed by atoms with Crippen LogP contribution < -0.4 is 19.7 Å². The number of piperazine rings is 1. The molecule has 0 unspecified atom stereocenters. The second-order valence-corrected chi connectivity index (χ2v) is 12.2. The zero-order valence-electron chi connectivity index (χ0n) is 26.2. The summed E-state index contributed by atoms with van der Waals surface area (Å²) in [5.74, 6) is 0.944. The molecule has 1 aliphatic heterocycles. The third-order valence-electron chi connectivity index (χ3n) is 7.28. The molecule has 1 saturated heterocycles. The van der Waals surface area contributed by atoms with Crippen molar-refractivity contribution in [1.29, 1.82) is 0 Å². The molecule has 0 spiro atoms. The highest BCUT2D eigenvalue weighted by atomic mass is 16.6. The van der Waals surface area contributed by atoms with Crippen LogP contribution in [0.15, 0.2) is 97.1 Å². The van der Waals surface area contributed by atoms with Gasteiger partial charge in [0.2, 0.25) is 11.8 Å². The quantitative estimate of drug-likeness (QED) is 0.212. The second kappa shape index (κ2) is 13.7.